The van der Waals surface area contributed by atoms with Crippen LogP contribution >= 0.6 is 0 Å². The highest BCUT2D eigenvalue weighted by atomic mass is 14.8. The van der Waals surface area contributed by atoms with E-state index >= 15 is 0 Å². The largest absolute Gasteiger partial charge is 0.322 e. The number of hydrogen-bond donors (Lipinski definition) is 1. The standard InChI is InChI=1S/C8H15N/c1-4-8(2)6-5-7-9-3/h5-7,9H,4H2,1-3H3/p+1/b7-5-,8-6-. The molecule has 0 aliphatic heterocycles. The summed E-state index contributed by atoms with van der Waals surface area (Å²) < 4.78 is 0. The zero-order valence-corrected chi connectivity index (χ0v) is 6.52. The molecule has 1 nitrogen and oxygen atoms in total. The van der Waals surface area contributed by atoms with Crippen LogP contribution in [0.15, 0.2) is 23.9 Å². The zero-order valence-electron chi connectivity index (χ0n) is 6.52. The van der Waals surface area contributed by atoms with Gasteiger partial charge in [0.2, 0.25) is 0 Å². The summed E-state index contributed by atoms with van der Waals surface area (Å²) in [6.07, 6.45) is 7.39. The number of nitrogens with two attached hydrogens (primary N) is 1. The van der Waals surface area contributed by atoms with Crippen molar-refractivity contribution >= 4 is 0 Å². The molecule has 0 aromatic heterocycles. The van der Waals surface area contributed by atoms with E-state index in [1.165, 1.54) is 5.57 Å². The summed E-state index contributed by atoms with van der Waals surface area (Å²) in [6, 6.07) is 0. The number of quaternary nitrogens is 1. The van der Waals surface area contributed by atoms with Crippen molar-refractivity contribution in [2.24, 2.45) is 0 Å². The van der Waals surface area contributed by atoms with Crippen molar-refractivity contribution in [2.45, 2.75) is 20.3 Å². The van der Waals surface area contributed by atoms with Crippen molar-refractivity contribution in [3.8, 4) is 0 Å². The molecule has 0 aliphatic rings. The maximum absolute atomic E-state index is 2.16. The highest BCUT2D eigenvalue weighted by Crippen LogP contribution is 1.96. The Morgan fingerprint density at radius 1 is 1.56 bits per heavy atom. The molecule has 0 fully saturated rings. The molecule has 1 heteroatoms. The fourth-order valence-corrected chi connectivity index (χ4v) is 0.449. The zero-order chi connectivity index (χ0) is 7.11. The Bertz CT molecular complexity index is 112. The van der Waals surface area contributed by atoms with Gasteiger partial charge in [-0.05, 0) is 19.4 Å². The van der Waals surface area contributed by atoms with Gasteiger partial charge in [-0.15, -0.1) is 0 Å². The first-order chi connectivity index (χ1) is 4.31. The minimum atomic E-state index is 1.15. The lowest BCUT2D eigenvalue weighted by atomic mass is 10.2. The smallest absolute Gasteiger partial charge is 0.0923 e. The van der Waals surface area contributed by atoms with Gasteiger partial charge in [-0.1, -0.05) is 18.6 Å². The van der Waals surface area contributed by atoms with Crippen LogP contribution < -0.4 is 5.32 Å². The van der Waals surface area contributed by atoms with Gasteiger partial charge in [0.1, 0.15) is 0 Å². The number of hydrogen-bond acceptors (Lipinski definition) is 0. The van der Waals surface area contributed by atoms with Crippen molar-refractivity contribution in [3.05, 3.63) is 23.9 Å². The summed E-state index contributed by atoms with van der Waals surface area (Å²) in [5.41, 5.74) is 1.42. The van der Waals surface area contributed by atoms with Crippen LogP contribution in [-0.2, 0) is 0 Å². The molecule has 0 bridgehead atoms. The Balaban J connectivity index is 3.55. The molecule has 52 valence electrons. The Labute approximate surface area is 57.5 Å². The third-order valence-electron chi connectivity index (χ3n) is 1.24. The van der Waals surface area contributed by atoms with Crippen LogP contribution in [0, 0.1) is 0 Å². The maximum atomic E-state index is 2.16. The van der Waals surface area contributed by atoms with E-state index in [0.717, 1.165) is 6.42 Å². The van der Waals surface area contributed by atoms with Gasteiger partial charge < -0.3 is 5.32 Å². The van der Waals surface area contributed by atoms with Crippen LogP contribution in [0.1, 0.15) is 20.3 Å². The summed E-state index contributed by atoms with van der Waals surface area (Å²) in [4.78, 5) is 0. The highest BCUT2D eigenvalue weighted by Gasteiger charge is 1.77. The van der Waals surface area contributed by atoms with E-state index < -0.39 is 0 Å². The molecule has 0 radical (unpaired) electrons. The van der Waals surface area contributed by atoms with Crippen LogP contribution in [0.25, 0.3) is 0 Å². The van der Waals surface area contributed by atoms with E-state index in [1.807, 2.05) is 18.6 Å². The predicted octanol–water partition coefficient (Wildman–Crippen LogP) is 1.05. The summed E-state index contributed by atoms with van der Waals surface area (Å²) in [7, 11) is 2.02. The summed E-state index contributed by atoms with van der Waals surface area (Å²) in [5, 5.41) is 2.03. The first-order valence-electron chi connectivity index (χ1n) is 3.43. The van der Waals surface area contributed by atoms with E-state index in [1.54, 1.807) is 0 Å². The lowest BCUT2D eigenvalue weighted by molar-refractivity contribution is -0.556. The van der Waals surface area contributed by atoms with Crippen LogP contribution in [0.2, 0.25) is 0 Å². The molecule has 0 unspecified atom stereocenters. The quantitative estimate of drug-likeness (QED) is 0.544. The first-order valence-corrected chi connectivity index (χ1v) is 3.43. The third-order valence-corrected chi connectivity index (χ3v) is 1.24. The van der Waals surface area contributed by atoms with Crippen molar-refractivity contribution < 1.29 is 5.32 Å². The molecule has 0 saturated heterocycles. The average Bonchev–Trinajstić information content (AvgIpc) is 1.89. The summed E-state index contributed by atoms with van der Waals surface area (Å²) in [6.45, 7) is 4.30. The molecule has 2 N–H and O–H groups in total. The van der Waals surface area contributed by atoms with Crippen molar-refractivity contribution in [1.82, 2.24) is 0 Å². The van der Waals surface area contributed by atoms with Crippen molar-refractivity contribution in [3.63, 3.8) is 0 Å². The Kier molecular flexibility index (Phi) is 5.23. The lowest BCUT2D eigenvalue weighted by Gasteiger charge is -1.87. The van der Waals surface area contributed by atoms with E-state index in [9.17, 15) is 0 Å². The van der Waals surface area contributed by atoms with Crippen LogP contribution in [-0.4, -0.2) is 7.05 Å². The van der Waals surface area contributed by atoms with Gasteiger partial charge >= 0.3 is 0 Å². The molecule has 0 saturated carbocycles. The normalized spacial score (nSPS) is 13.0. The fraction of sp³-hybridized carbons (Fsp3) is 0.500. The number of rotatable bonds is 3. The molecule has 0 amide bonds. The second-order valence-corrected chi connectivity index (χ2v) is 2.08. The molecule has 0 heterocycles. The summed E-state index contributed by atoms with van der Waals surface area (Å²) >= 11 is 0. The maximum Gasteiger partial charge on any atom is 0.0923 e. The fourth-order valence-electron chi connectivity index (χ4n) is 0.449. The molecule has 0 spiro atoms. The van der Waals surface area contributed by atoms with Gasteiger partial charge in [-0.25, -0.2) is 0 Å². The Morgan fingerprint density at radius 3 is 2.67 bits per heavy atom. The van der Waals surface area contributed by atoms with E-state index in [2.05, 4.69) is 26.0 Å². The molecular formula is C8H16N+. The third kappa shape index (κ3) is 5.31. The minimum Gasteiger partial charge on any atom is -0.322 e. The topological polar surface area (TPSA) is 16.6 Å². The van der Waals surface area contributed by atoms with E-state index in [0.29, 0.717) is 0 Å². The second kappa shape index (κ2) is 5.57. The van der Waals surface area contributed by atoms with Gasteiger partial charge in [-0.3, -0.25) is 0 Å². The number of allylic oxidation sites excluding steroid dienone is 3. The average molecular weight is 126 g/mol. The first kappa shape index (κ1) is 8.44. The monoisotopic (exact) mass is 126 g/mol. The molecule has 0 atom stereocenters. The summed E-state index contributed by atoms with van der Waals surface area (Å²) in [5.74, 6) is 0. The van der Waals surface area contributed by atoms with E-state index in [4.69, 9.17) is 0 Å². The Hall–Kier alpha value is -0.560. The highest BCUT2D eigenvalue weighted by molar-refractivity contribution is 5.07. The molecule has 0 aromatic carbocycles. The van der Waals surface area contributed by atoms with Crippen molar-refractivity contribution in [2.75, 3.05) is 7.05 Å². The molecule has 9 heavy (non-hydrogen) atoms. The van der Waals surface area contributed by atoms with Gasteiger partial charge in [0.25, 0.3) is 0 Å². The molecule has 0 aliphatic carbocycles. The SMILES string of the molecule is CC/C(C)=C\C=C/[NH2+]C. The molecule has 0 aromatic rings. The minimum absolute atomic E-state index is 1.15. The second-order valence-electron chi connectivity index (χ2n) is 2.08. The van der Waals surface area contributed by atoms with Crippen molar-refractivity contribution in [1.29, 1.82) is 0 Å². The van der Waals surface area contributed by atoms with Gasteiger partial charge in [0.05, 0.1) is 13.2 Å². The lowest BCUT2D eigenvalue weighted by Crippen LogP contribution is -2.72. The van der Waals surface area contributed by atoms with Crippen LogP contribution in [0.4, 0.5) is 0 Å². The predicted molar refractivity (Wildman–Crippen MR) is 41.0 cm³/mol. The molecule has 0 rings (SSSR count). The van der Waals surface area contributed by atoms with E-state index in [-0.39, 0.29) is 0 Å². The van der Waals surface area contributed by atoms with Gasteiger partial charge in [0, 0.05) is 0 Å². The molecular weight excluding hydrogens is 110 g/mol. The van der Waals surface area contributed by atoms with Gasteiger partial charge in [-0.2, -0.15) is 0 Å². The van der Waals surface area contributed by atoms with Gasteiger partial charge in [0.15, 0.2) is 0 Å². The Morgan fingerprint density at radius 2 is 2.22 bits per heavy atom. The van der Waals surface area contributed by atoms with Crippen LogP contribution in [0.5, 0.6) is 0 Å². The van der Waals surface area contributed by atoms with Crippen LogP contribution in [0.3, 0.4) is 0 Å².